The lowest BCUT2D eigenvalue weighted by Gasteiger charge is -2.24. The van der Waals surface area contributed by atoms with Crippen LogP contribution in [0.2, 0.25) is 0 Å². The molecule has 6 N–H and O–H groups in total. The second-order valence-electron chi connectivity index (χ2n) is 31.9. The summed E-state index contributed by atoms with van der Waals surface area (Å²) in [5.74, 6) is -1.63. The van der Waals surface area contributed by atoms with E-state index in [2.05, 4.69) is 86.5 Å². The molecule has 0 bridgehead atoms. The molecule has 0 saturated carbocycles. The molecule has 0 aromatic carbocycles. The van der Waals surface area contributed by atoms with Crippen LogP contribution < -0.4 is 11.1 Å². The maximum atomic E-state index is 12.7. The van der Waals surface area contributed by atoms with Crippen LogP contribution >= 0.6 is 24.5 Å². The highest BCUT2D eigenvalue weighted by molar-refractivity contribution is 7.47. The van der Waals surface area contributed by atoms with E-state index in [9.17, 15) is 38.1 Å². The molecule has 20 nitrogen and oxygen atoms in total. The number of hydrogen-bond acceptors (Lipinski definition) is 17. The molecule has 0 spiro atoms. The zero-order valence-electron chi connectivity index (χ0n) is 75.5. The number of unbranched alkanes of at least 4 members (excludes halogenated alkanes) is 46. The molecule has 5 atom stereocenters. The lowest BCUT2D eigenvalue weighted by atomic mass is 10.1. The highest BCUT2D eigenvalue weighted by atomic mass is 31.2. The lowest BCUT2D eigenvalue weighted by Crippen LogP contribution is -2.37. The Morgan fingerprint density at radius 3 is 0.895 bits per heavy atom. The van der Waals surface area contributed by atoms with Gasteiger partial charge >= 0.3 is 39.5 Å². The minimum atomic E-state index is -4.38. The summed E-state index contributed by atoms with van der Waals surface area (Å²) in [6, 6.07) is 0. The van der Waals surface area contributed by atoms with E-state index >= 15 is 0 Å². The Hall–Kier alpha value is -2.67. The molecule has 0 aromatic rings. The molecule has 0 aliphatic rings. The number of phosphoric acid groups is 2. The number of nitrogens with two attached hydrogens (primary N) is 1. The SMILES string of the molecule is CCCCCCCC/C=C\CCCCCCCC(=O)OCC(COP(=O)(O)OCCCCCNCCN)OC(=O)CCCCCCC/C=C\CCCCCCCC.CCCCCCCC/C=C\CCCCCCCC(=O)OCC(COP(=O)(O)OCC[N+](C)(C)C)OC(=O)CCCCCCC/C=C\CCCCCCCC.[2H]OPC. The van der Waals surface area contributed by atoms with E-state index in [-0.39, 0.29) is 64.0 Å². The quantitative estimate of drug-likeness (QED) is 0.00945. The number of ether oxygens (including phenoxy) is 4. The van der Waals surface area contributed by atoms with E-state index in [0.717, 1.165) is 167 Å². The van der Waals surface area contributed by atoms with E-state index in [4.69, 9.17) is 44.2 Å². The Labute approximate surface area is 702 Å². The van der Waals surface area contributed by atoms with Crippen LogP contribution in [0, 0.1) is 0 Å². The van der Waals surface area contributed by atoms with Crippen molar-refractivity contribution in [3.63, 3.8) is 0 Å². The van der Waals surface area contributed by atoms with Crippen LogP contribution in [-0.4, -0.2) is 150 Å². The van der Waals surface area contributed by atoms with E-state index in [1.165, 1.54) is 180 Å². The summed E-state index contributed by atoms with van der Waals surface area (Å²) in [6.45, 7) is 12.3. The summed E-state index contributed by atoms with van der Waals surface area (Å²) < 4.78 is 74.1. The molecule has 674 valence electrons. The minimum absolute atomic E-state index is 0.0299. The van der Waals surface area contributed by atoms with Crippen molar-refractivity contribution in [2.24, 2.45) is 5.73 Å². The third-order valence-corrected chi connectivity index (χ3v) is 21.4. The van der Waals surface area contributed by atoms with Gasteiger partial charge in [0.25, 0.3) is 0 Å². The number of nitrogens with zero attached hydrogens (tertiary/aromatic N) is 1. The standard InChI is InChI=1S/C46H89N2O8P.C44H84NO8P.CH5OP/c1-3-5-7-9-11-13-15-17-19-21-23-25-27-29-32-36-45(49)53-42-44(43-55-57(51,52)54-41-35-31-34-39-48-40-38-47)56-46(50)37-33-30-28-26-24-22-20-18-16-14-12-10-8-6-4-2;1-6-8-10-12-14-16-18-20-22-24-26-28-30-32-34-36-43(46)50-40-42(41-52-54(48,49)51-39-38-45(3,4)5)53-44(47)37-35-33-31-29-27-25-23-21-19-17-15-13-11-9-7-2;1-3-2/h17-20,44,48H,3-16,21-43,47H2,1-2H3,(H,51,52);20-23,42H,6-19,24-41H2,1-5H3;2-3H,1H3/p+1/b19-17-,20-18-;22-20-,23-21-;/i;;2D. The van der Waals surface area contributed by atoms with Crippen LogP contribution in [0.5, 0.6) is 0 Å². The van der Waals surface area contributed by atoms with Gasteiger partial charge in [0.1, 0.15) is 26.4 Å². The van der Waals surface area contributed by atoms with Gasteiger partial charge in [-0.15, -0.1) is 0 Å². The van der Waals surface area contributed by atoms with Crippen LogP contribution in [0.25, 0.3) is 0 Å². The Morgan fingerprint density at radius 2 is 0.623 bits per heavy atom. The number of carbonyl (C=O) groups is 4. The van der Waals surface area contributed by atoms with E-state index in [0.29, 0.717) is 45.6 Å². The number of quaternary nitrogens is 1. The number of allylic oxidation sites excluding steroid dienone is 8. The Balaban J connectivity index is -0.00000208. The van der Waals surface area contributed by atoms with Crippen molar-refractivity contribution in [1.82, 2.24) is 5.32 Å². The van der Waals surface area contributed by atoms with Gasteiger partial charge in [0, 0.05) is 47.6 Å². The summed E-state index contributed by atoms with van der Waals surface area (Å²) in [6.07, 6.45) is 80.9. The second-order valence-corrected chi connectivity index (χ2v) is 35.3. The molecule has 0 rings (SSSR count). The maximum Gasteiger partial charge on any atom is 0.472 e. The zero-order valence-corrected chi connectivity index (χ0v) is 77.3. The summed E-state index contributed by atoms with van der Waals surface area (Å²) in [5.41, 5.74) is 5.47. The molecule has 0 aliphatic heterocycles. The number of rotatable bonds is 86. The highest BCUT2D eigenvalue weighted by Crippen LogP contribution is 2.44. The van der Waals surface area contributed by atoms with Crippen LogP contribution in [0.3, 0.4) is 0 Å². The number of esters is 4. The average Bonchev–Trinajstić information content (AvgIpc) is 0.899. The smallest absolute Gasteiger partial charge is 0.462 e. The molecular weight excluding hydrogens is 1500 g/mol. The highest BCUT2D eigenvalue weighted by Gasteiger charge is 2.28. The monoisotopic (exact) mass is 1680 g/mol. The van der Waals surface area contributed by atoms with E-state index in [1.807, 2.05) is 21.1 Å². The number of nitrogens with one attached hydrogen (secondary N) is 1. The van der Waals surface area contributed by atoms with Crippen molar-refractivity contribution in [1.29, 1.82) is 1.43 Å². The summed E-state index contributed by atoms with van der Waals surface area (Å²) in [4.78, 5) is 74.6. The van der Waals surface area contributed by atoms with Crippen molar-refractivity contribution >= 4 is 48.3 Å². The van der Waals surface area contributed by atoms with Crippen LogP contribution in [0.15, 0.2) is 48.6 Å². The van der Waals surface area contributed by atoms with Crippen LogP contribution in [0.1, 0.15) is 407 Å². The van der Waals surface area contributed by atoms with Gasteiger partial charge in [0.05, 0.1) is 41.0 Å². The molecule has 0 aliphatic carbocycles. The number of phosphoric ester groups is 2. The molecule has 5 unspecified atom stereocenters. The Bertz CT molecular complexity index is 2330. The number of likely N-dealkylation sites (N-methyl/N-ethyl adjacent to an activating group) is 1. The second kappa shape index (κ2) is 91.1. The van der Waals surface area contributed by atoms with Crippen molar-refractivity contribution in [2.45, 2.75) is 419 Å². The van der Waals surface area contributed by atoms with Gasteiger partial charge in [-0.1, -0.05) is 282 Å². The van der Waals surface area contributed by atoms with E-state index < -0.39 is 53.0 Å². The molecule has 0 amide bonds. The summed E-state index contributed by atoms with van der Waals surface area (Å²) >= 11 is 0. The predicted molar refractivity (Wildman–Crippen MR) is 478 cm³/mol. The van der Waals surface area contributed by atoms with Gasteiger partial charge in [0.2, 0.25) is 1.43 Å². The maximum absolute atomic E-state index is 12.7. The average molecular weight is 1680 g/mol. The van der Waals surface area contributed by atoms with Gasteiger partial charge < -0.3 is 49.2 Å². The number of carbonyl (C=O) groups excluding carboxylic acids is 4. The first-order valence-corrected chi connectivity index (χ1v) is 50.7. The predicted octanol–water partition coefficient (Wildman–Crippen LogP) is 24.9. The van der Waals surface area contributed by atoms with Crippen molar-refractivity contribution in [2.75, 3.05) is 93.6 Å². The fourth-order valence-electron chi connectivity index (χ4n) is 12.4. The Kier molecular flexibility index (Phi) is 90.6. The third-order valence-electron chi connectivity index (χ3n) is 19.5. The Morgan fingerprint density at radius 1 is 0.368 bits per heavy atom. The molecule has 114 heavy (non-hydrogen) atoms. The zero-order chi connectivity index (χ0) is 85.2. The van der Waals surface area contributed by atoms with Crippen molar-refractivity contribution in [3.05, 3.63) is 48.6 Å². The molecule has 0 heterocycles. The van der Waals surface area contributed by atoms with Crippen molar-refractivity contribution < 1.29 is 84.5 Å². The third kappa shape index (κ3) is 98.2. The molecule has 0 aromatic heterocycles. The van der Waals surface area contributed by atoms with Crippen LogP contribution in [-0.2, 0) is 65.4 Å². The molecule has 0 fully saturated rings. The normalized spacial score (nSPS) is 13.6. The van der Waals surface area contributed by atoms with Gasteiger partial charge in [-0.25, -0.2) is 9.13 Å². The summed E-state index contributed by atoms with van der Waals surface area (Å²) in [7, 11) is -2.60. The van der Waals surface area contributed by atoms with Crippen LogP contribution in [0.4, 0.5) is 0 Å². The summed E-state index contributed by atoms with van der Waals surface area (Å²) in [5, 5.41) is 3.21. The van der Waals surface area contributed by atoms with Gasteiger partial charge in [-0.3, -0.25) is 37.3 Å². The van der Waals surface area contributed by atoms with Gasteiger partial charge in [0.15, 0.2) is 12.2 Å². The molecular formula is C91H179N3O17P3+. The first kappa shape index (κ1) is 113. The topological polar surface area (TPSA) is 275 Å². The fourth-order valence-corrected chi connectivity index (χ4v) is 13.9. The van der Waals surface area contributed by atoms with Crippen molar-refractivity contribution in [3.8, 4) is 0 Å². The largest absolute Gasteiger partial charge is 0.472 e. The lowest BCUT2D eigenvalue weighted by molar-refractivity contribution is -0.870. The first-order valence-electron chi connectivity index (χ1n) is 46.7. The fraction of sp³-hybridized carbons (Fsp3) is 0.868. The first-order chi connectivity index (χ1) is 55.7. The van der Waals surface area contributed by atoms with E-state index in [1.54, 1.807) is 6.66 Å². The molecule has 0 saturated heterocycles. The molecule has 23 heteroatoms. The van der Waals surface area contributed by atoms with Gasteiger partial charge in [-0.2, -0.15) is 0 Å². The van der Waals surface area contributed by atoms with Gasteiger partial charge in [-0.05, 0) is 161 Å². The minimum Gasteiger partial charge on any atom is -0.462 e. The molecule has 0 radical (unpaired) electrons. The number of hydrogen-bond donors (Lipinski definition) is 5.